The number of carbonyl (C=O) groups excluding carboxylic acids is 1. The average molecular weight is 260 g/mol. The Morgan fingerprint density at radius 3 is 2.83 bits per heavy atom. The number of hydrogen-bond acceptors (Lipinski definition) is 3. The van der Waals surface area contributed by atoms with Crippen molar-refractivity contribution < 1.29 is 4.79 Å². The third-order valence-electron chi connectivity index (χ3n) is 3.48. The van der Waals surface area contributed by atoms with Gasteiger partial charge in [-0.2, -0.15) is 0 Å². The van der Waals surface area contributed by atoms with Crippen LogP contribution in [0.3, 0.4) is 0 Å². The molecule has 0 spiro atoms. The Hall–Kier alpha value is -1.42. The van der Waals surface area contributed by atoms with Gasteiger partial charge in [0, 0.05) is 34.9 Å². The molecule has 3 rings (SSSR count). The summed E-state index contributed by atoms with van der Waals surface area (Å²) in [5, 5.41) is 2.93. The van der Waals surface area contributed by atoms with Crippen LogP contribution in [0.2, 0.25) is 0 Å². The maximum atomic E-state index is 12.2. The van der Waals surface area contributed by atoms with Gasteiger partial charge in [-0.15, -0.1) is 11.3 Å². The molecule has 0 radical (unpaired) electrons. The van der Waals surface area contributed by atoms with Crippen LogP contribution < -0.4 is 0 Å². The molecule has 0 saturated heterocycles. The molecule has 1 aliphatic rings. The molecule has 0 amide bonds. The first-order chi connectivity index (χ1) is 8.48. The van der Waals surface area contributed by atoms with Crippen LogP contribution >= 0.6 is 11.3 Å². The Labute approximate surface area is 110 Å². The quantitative estimate of drug-likeness (QED) is 0.787. The van der Waals surface area contributed by atoms with E-state index in [0.717, 1.165) is 28.5 Å². The summed E-state index contributed by atoms with van der Waals surface area (Å²) in [7, 11) is 0. The fourth-order valence-corrected chi connectivity index (χ4v) is 3.47. The van der Waals surface area contributed by atoms with Crippen LogP contribution in [0.25, 0.3) is 5.13 Å². The minimum Gasteiger partial charge on any atom is -0.294 e. The molecule has 2 heterocycles. The molecule has 4 heteroatoms. The second-order valence-corrected chi connectivity index (χ2v) is 6.61. The second kappa shape index (κ2) is 3.79. The van der Waals surface area contributed by atoms with E-state index < -0.39 is 0 Å². The Kier molecular flexibility index (Phi) is 2.45. The molecule has 0 unspecified atom stereocenters. The number of thiazole rings is 1. The SMILES string of the molecule is Cc1cc2c(n1-c1nccs1)CC(C)(C)CC2=O. The fourth-order valence-electron chi connectivity index (χ4n) is 2.74. The standard InChI is InChI=1S/C14H16N2OS/c1-9-6-10-11(7-14(2,3)8-12(10)17)16(9)13-15-4-5-18-13/h4-6H,7-8H2,1-3H3. The molecule has 3 nitrogen and oxygen atoms in total. The summed E-state index contributed by atoms with van der Waals surface area (Å²) in [5.74, 6) is 0.264. The van der Waals surface area contributed by atoms with Crippen LogP contribution in [0.5, 0.6) is 0 Å². The van der Waals surface area contributed by atoms with Crippen LogP contribution in [0.4, 0.5) is 0 Å². The van der Waals surface area contributed by atoms with Crippen LogP contribution in [0, 0.1) is 12.3 Å². The smallest absolute Gasteiger partial charge is 0.193 e. The summed E-state index contributed by atoms with van der Waals surface area (Å²) >= 11 is 1.61. The largest absolute Gasteiger partial charge is 0.294 e. The van der Waals surface area contributed by atoms with Crippen molar-refractivity contribution in [1.29, 1.82) is 0 Å². The van der Waals surface area contributed by atoms with Gasteiger partial charge in [0.15, 0.2) is 10.9 Å². The third-order valence-corrected chi connectivity index (χ3v) is 4.24. The lowest BCUT2D eigenvalue weighted by Gasteiger charge is -2.29. The van der Waals surface area contributed by atoms with Crippen molar-refractivity contribution in [3.63, 3.8) is 0 Å². The molecular weight excluding hydrogens is 244 g/mol. The van der Waals surface area contributed by atoms with E-state index in [2.05, 4.69) is 23.4 Å². The van der Waals surface area contributed by atoms with Crippen molar-refractivity contribution in [1.82, 2.24) is 9.55 Å². The van der Waals surface area contributed by atoms with Crippen molar-refractivity contribution >= 4 is 17.1 Å². The van der Waals surface area contributed by atoms with Gasteiger partial charge in [0.2, 0.25) is 0 Å². The maximum absolute atomic E-state index is 12.2. The highest BCUT2D eigenvalue weighted by molar-refractivity contribution is 7.12. The topological polar surface area (TPSA) is 34.9 Å². The van der Waals surface area contributed by atoms with Gasteiger partial charge in [0.1, 0.15) is 0 Å². The predicted octanol–water partition coefficient (Wildman–Crippen LogP) is 3.40. The zero-order valence-electron chi connectivity index (χ0n) is 10.9. The maximum Gasteiger partial charge on any atom is 0.193 e. The molecule has 2 aromatic rings. The number of carbonyl (C=O) groups is 1. The van der Waals surface area contributed by atoms with Crippen molar-refractivity contribution in [2.24, 2.45) is 5.41 Å². The van der Waals surface area contributed by atoms with Gasteiger partial charge in [-0.05, 0) is 24.8 Å². The Balaban J connectivity index is 2.21. The van der Waals surface area contributed by atoms with Crippen LogP contribution in [-0.2, 0) is 6.42 Å². The van der Waals surface area contributed by atoms with Crippen molar-refractivity contribution in [2.75, 3.05) is 0 Å². The van der Waals surface area contributed by atoms with Gasteiger partial charge < -0.3 is 0 Å². The van der Waals surface area contributed by atoms with Gasteiger partial charge in [-0.1, -0.05) is 13.8 Å². The molecule has 1 aliphatic carbocycles. The summed E-state index contributed by atoms with van der Waals surface area (Å²) in [5.41, 5.74) is 3.16. The minimum atomic E-state index is 0.0455. The number of rotatable bonds is 1. The second-order valence-electron chi connectivity index (χ2n) is 5.74. The first kappa shape index (κ1) is 11.7. The van der Waals surface area contributed by atoms with Gasteiger partial charge in [0.05, 0.1) is 0 Å². The normalized spacial score (nSPS) is 17.8. The van der Waals surface area contributed by atoms with E-state index in [1.54, 1.807) is 11.3 Å². The highest BCUT2D eigenvalue weighted by atomic mass is 32.1. The van der Waals surface area contributed by atoms with Gasteiger partial charge in [0.25, 0.3) is 0 Å². The summed E-state index contributed by atoms with van der Waals surface area (Å²) in [6.07, 6.45) is 3.38. The van der Waals surface area contributed by atoms with Crippen molar-refractivity contribution in [3.05, 3.63) is 34.6 Å². The lowest BCUT2D eigenvalue weighted by atomic mass is 9.76. The van der Waals surface area contributed by atoms with E-state index in [4.69, 9.17) is 0 Å². The van der Waals surface area contributed by atoms with Crippen molar-refractivity contribution in [3.8, 4) is 5.13 Å². The summed E-state index contributed by atoms with van der Waals surface area (Å²) in [6, 6.07) is 2.01. The number of aryl methyl sites for hydroxylation is 1. The Morgan fingerprint density at radius 2 is 2.17 bits per heavy atom. The molecule has 0 N–H and O–H groups in total. The number of nitrogens with zero attached hydrogens (tertiary/aromatic N) is 2. The first-order valence-corrected chi connectivity index (χ1v) is 7.00. The van der Waals surface area contributed by atoms with Crippen LogP contribution in [0.15, 0.2) is 17.6 Å². The molecule has 18 heavy (non-hydrogen) atoms. The fraction of sp³-hybridized carbons (Fsp3) is 0.429. The molecule has 0 saturated carbocycles. The van der Waals surface area contributed by atoms with Gasteiger partial charge >= 0.3 is 0 Å². The number of Topliss-reactive ketones (excluding diaryl/α,β-unsaturated/α-hetero) is 1. The Bertz CT molecular complexity index is 608. The number of hydrogen-bond donors (Lipinski definition) is 0. The highest BCUT2D eigenvalue weighted by Crippen LogP contribution is 2.37. The zero-order valence-corrected chi connectivity index (χ0v) is 11.7. The molecule has 0 aliphatic heterocycles. The lowest BCUT2D eigenvalue weighted by Crippen LogP contribution is -2.27. The van der Waals surface area contributed by atoms with E-state index in [-0.39, 0.29) is 11.2 Å². The predicted molar refractivity (Wildman–Crippen MR) is 72.6 cm³/mol. The van der Waals surface area contributed by atoms with E-state index in [1.807, 2.05) is 24.6 Å². The zero-order chi connectivity index (χ0) is 12.9. The van der Waals surface area contributed by atoms with Crippen LogP contribution in [0.1, 0.15) is 42.0 Å². The lowest BCUT2D eigenvalue weighted by molar-refractivity contribution is 0.0911. The van der Waals surface area contributed by atoms with Gasteiger partial charge in [-0.3, -0.25) is 9.36 Å². The van der Waals surface area contributed by atoms with Crippen LogP contribution in [-0.4, -0.2) is 15.3 Å². The van der Waals surface area contributed by atoms with E-state index in [1.165, 1.54) is 0 Å². The Morgan fingerprint density at radius 1 is 1.39 bits per heavy atom. The number of ketones is 1. The third kappa shape index (κ3) is 1.72. The highest BCUT2D eigenvalue weighted by Gasteiger charge is 2.34. The monoisotopic (exact) mass is 260 g/mol. The molecular formula is C14H16N2OS. The van der Waals surface area contributed by atoms with Gasteiger partial charge in [-0.25, -0.2) is 4.98 Å². The van der Waals surface area contributed by atoms with E-state index in [9.17, 15) is 4.79 Å². The number of aromatic nitrogens is 2. The minimum absolute atomic E-state index is 0.0455. The van der Waals surface area contributed by atoms with Crippen molar-refractivity contribution in [2.45, 2.75) is 33.6 Å². The summed E-state index contributed by atoms with van der Waals surface area (Å²) in [6.45, 7) is 6.35. The first-order valence-electron chi connectivity index (χ1n) is 6.12. The molecule has 0 fully saturated rings. The molecule has 0 aromatic carbocycles. The summed E-state index contributed by atoms with van der Waals surface area (Å²) < 4.78 is 2.14. The molecule has 0 bridgehead atoms. The summed E-state index contributed by atoms with van der Waals surface area (Å²) in [4.78, 5) is 16.6. The molecule has 2 aromatic heterocycles. The molecule has 0 atom stereocenters. The molecule has 94 valence electrons. The average Bonchev–Trinajstić information content (AvgIpc) is 2.83. The number of fused-ring (bicyclic) bond motifs is 1. The van der Waals surface area contributed by atoms with E-state index in [0.29, 0.717) is 6.42 Å². The van der Waals surface area contributed by atoms with E-state index >= 15 is 0 Å².